The average Bonchev–Trinajstić information content (AvgIpc) is 3.62. The number of pyridine rings is 1. The highest BCUT2D eigenvalue weighted by Crippen LogP contribution is 2.39. The molecule has 2 aliphatic carbocycles. The van der Waals surface area contributed by atoms with Crippen LogP contribution in [-0.2, 0) is 9.47 Å². The van der Waals surface area contributed by atoms with Crippen LogP contribution in [0, 0.1) is 11.6 Å². The lowest BCUT2D eigenvalue weighted by Crippen LogP contribution is -2.38. The summed E-state index contributed by atoms with van der Waals surface area (Å²) in [5.74, 6) is -0.443. The van der Waals surface area contributed by atoms with E-state index in [0.717, 1.165) is 50.8 Å². The van der Waals surface area contributed by atoms with E-state index in [1.165, 1.54) is 12.3 Å². The Labute approximate surface area is 194 Å². The van der Waals surface area contributed by atoms with E-state index in [9.17, 15) is 8.78 Å². The number of hydrogen-bond acceptors (Lipinski definition) is 6. The van der Waals surface area contributed by atoms with Gasteiger partial charge in [-0.2, -0.15) is 0 Å². The van der Waals surface area contributed by atoms with Crippen molar-refractivity contribution in [3.8, 4) is 11.1 Å². The third-order valence-electron chi connectivity index (χ3n) is 6.79. The highest BCUT2D eigenvalue weighted by molar-refractivity contribution is 5.71. The van der Waals surface area contributed by atoms with Crippen molar-refractivity contribution in [1.29, 1.82) is 0 Å². The van der Waals surface area contributed by atoms with Crippen LogP contribution in [0.2, 0.25) is 0 Å². The van der Waals surface area contributed by atoms with Gasteiger partial charge in [-0.1, -0.05) is 0 Å². The first-order chi connectivity index (χ1) is 16.0. The molecule has 4 rings (SSSR count). The molecular weight excluding hydrogens is 426 g/mol. The Morgan fingerprint density at radius 3 is 2.42 bits per heavy atom. The normalized spacial score (nSPS) is 21.6. The van der Waals surface area contributed by atoms with Crippen molar-refractivity contribution in [2.24, 2.45) is 0 Å². The number of nitrogens with zero attached hydrogens (tertiary/aromatic N) is 1. The van der Waals surface area contributed by atoms with E-state index in [1.54, 1.807) is 32.4 Å². The van der Waals surface area contributed by atoms with Gasteiger partial charge in [-0.3, -0.25) is 0 Å². The molecule has 0 saturated heterocycles. The molecule has 2 aromatic rings. The van der Waals surface area contributed by atoms with Gasteiger partial charge < -0.3 is 25.4 Å². The molecule has 0 unspecified atom stereocenters. The maximum Gasteiger partial charge on any atom is 0.149 e. The number of halogens is 2. The lowest BCUT2D eigenvalue weighted by atomic mass is 9.91. The molecule has 2 fully saturated rings. The van der Waals surface area contributed by atoms with Gasteiger partial charge in [0.05, 0.1) is 18.4 Å². The van der Waals surface area contributed by atoms with E-state index in [-0.39, 0.29) is 22.8 Å². The van der Waals surface area contributed by atoms with Gasteiger partial charge in [-0.25, -0.2) is 13.8 Å². The summed E-state index contributed by atoms with van der Waals surface area (Å²) in [7, 11) is 3.41. The van der Waals surface area contributed by atoms with Crippen LogP contribution in [0.4, 0.5) is 20.3 Å². The van der Waals surface area contributed by atoms with E-state index in [0.29, 0.717) is 25.0 Å². The predicted octanol–water partition coefficient (Wildman–Crippen LogP) is 4.58. The van der Waals surface area contributed by atoms with Crippen molar-refractivity contribution in [2.75, 3.05) is 44.5 Å². The molecule has 6 nitrogen and oxygen atoms in total. The Kier molecular flexibility index (Phi) is 7.78. The van der Waals surface area contributed by atoms with Crippen LogP contribution < -0.4 is 16.0 Å². The van der Waals surface area contributed by atoms with Gasteiger partial charge in [0.25, 0.3) is 0 Å². The quantitative estimate of drug-likeness (QED) is 0.427. The summed E-state index contributed by atoms with van der Waals surface area (Å²) in [6.07, 6.45) is 7.27. The lowest BCUT2D eigenvalue weighted by Gasteiger charge is -2.30. The first kappa shape index (κ1) is 23.9. The zero-order chi connectivity index (χ0) is 23.3. The van der Waals surface area contributed by atoms with Crippen molar-refractivity contribution >= 4 is 11.5 Å². The molecule has 0 amide bonds. The van der Waals surface area contributed by atoms with E-state index in [2.05, 4.69) is 20.9 Å². The number of benzene rings is 1. The molecule has 2 saturated carbocycles. The van der Waals surface area contributed by atoms with Crippen LogP contribution in [-0.4, -0.2) is 56.6 Å². The van der Waals surface area contributed by atoms with Crippen LogP contribution >= 0.6 is 0 Å². The molecule has 0 aliphatic heterocycles. The smallest absolute Gasteiger partial charge is 0.149 e. The number of anilines is 2. The van der Waals surface area contributed by atoms with Gasteiger partial charge in [0, 0.05) is 56.2 Å². The molecule has 0 atom stereocenters. The maximum atomic E-state index is 14.7. The number of hydrogen-bond donors (Lipinski definition) is 3. The fourth-order valence-electron chi connectivity index (χ4n) is 4.44. The summed E-state index contributed by atoms with van der Waals surface area (Å²) in [6.45, 7) is 2.21. The Hall–Kier alpha value is -2.29. The van der Waals surface area contributed by atoms with Crippen LogP contribution in [0.1, 0.15) is 38.5 Å². The van der Waals surface area contributed by atoms with E-state index < -0.39 is 11.6 Å². The Morgan fingerprint density at radius 2 is 1.73 bits per heavy atom. The van der Waals surface area contributed by atoms with Gasteiger partial charge in [-0.15, -0.1) is 0 Å². The van der Waals surface area contributed by atoms with Crippen LogP contribution in [0.25, 0.3) is 11.1 Å². The van der Waals surface area contributed by atoms with Gasteiger partial charge in [0.15, 0.2) is 0 Å². The van der Waals surface area contributed by atoms with Gasteiger partial charge in [0.1, 0.15) is 17.5 Å². The molecule has 0 spiro atoms. The zero-order valence-electron chi connectivity index (χ0n) is 19.4. The number of rotatable bonds is 11. The molecule has 1 heterocycles. The summed E-state index contributed by atoms with van der Waals surface area (Å²) in [4.78, 5) is 4.21. The summed E-state index contributed by atoms with van der Waals surface area (Å²) in [6, 6.07) is 7.06. The monoisotopic (exact) mass is 460 g/mol. The second-order valence-electron chi connectivity index (χ2n) is 9.12. The molecule has 8 heteroatoms. The first-order valence-corrected chi connectivity index (χ1v) is 11.8. The first-order valence-electron chi connectivity index (χ1n) is 11.8. The maximum absolute atomic E-state index is 14.7. The molecule has 180 valence electrons. The molecule has 3 N–H and O–H groups in total. The molecule has 1 aromatic heterocycles. The third kappa shape index (κ3) is 6.19. The summed E-state index contributed by atoms with van der Waals surface area (Å²) in [5, 5.41) is 10.2. The van der Waals surface area contributed by atoms with Crippen molar-refractivity contribution in [1.82, 2.24) is 10.3 Å². The fraction of sp³-hybridized carbons (Fsp3) is 0.560. The van der Waals surface area contributed by atoms with Crippen LogP contribution in [0.5, 0.6) is 0 Å². The van der Waals surface area contributed by atoms with E-state index in [1.807, 2.05) is 0 Å². The van der Waals surface area contributed by atoms with Crippen molar-refractivity contribution < 1.29 is 18.3 Å². The van der Waals surface area contributed by atoms with Gasteiger partial charge in [0.2, 0.25) is 0 Å². The molecule has 33 heavy (non-hydrogen) atoms. The zero-order valence-corrected chi connectivity index (χ0v) is 19.4. The van der Waals surface area contributed by atoms with Gasteiger partial charge >= 0.3 is 0 Å². The standard InChI is InChI=1S/C25H34F2N4O2/c1-32-12-11-28-17-3-5-18(6-4-17)31-24-14-21(23(27)15-29-24)20-13-19(7-8-22(20)26)30-16-25(33-2)9-10-25/h7-8,13-15,17-18,28,30H,3-6,9-12,16H2,1-2H3,(H,29,31)/t17-,18-. The predicted molar refractivity (Wildman–Crippen MR) is 127 cm³/mol. The number of nitrogens with one attached hydrogen (secondary N) is 3. The lowest BCUT2D eigenvalue weighted by molar-refractivity contribution is 0.0914. The number of methoxy groups -OCH3 is 2. The summed E-state index contributed by atoms with van der Waals surface area (Å²) >= 11 is 0. The Bertz CT molecular complexity index is 931. The molecule has 0 bridgehead atoms. The van der Waals surface area contributed by atoms with Gasteiger partial charge in [-0.05, 0) is 62.8 Å². The summed E-state index contributed by atoms with van der Waals surface area (Å²) in [5.41, 5.74) is 1.03. The second-order valence-corrected chi connectivity index (χ2v) is 9.12. The van der Waals surface area contributed by atoms with Crippen molar-refractivity contribution in [3.05, 3.63) is 42.1 Å². The SMILES string of the molecule is COCCN[C@H]1CC[C@H](Nc2cc(-c3cc(NCC4(OC)CC4)ccc3F)c(F)cn2)CC1. The minimum absolute atomic E-state index is 0.133. The van der Waals surface area contributed by atoms with Crippen molar-refractivity contribution in [3.63, 3.8) is 0 Å². The highest BCUT2D eigenvalue weighted by Gasteiger charge is 2.42. The van der Waals surface area contributed by atoms with Crippen molar-refractivity contribution in [2.45, 2.75) is 56.2 Å². The molecular formula is C25H34F2N4O2. The third-order valence-corrected chi connectivity index (χ3v) is 6.79. The van der Waals surface area contributed by atoms with Crippen LogP contribution in [0.3, 0.4) is 0 Å². The Balaban J connectivity index is 1.41. The Morgan fingerprint density at radius 1 is 1.00 bits per heavy atom. The minimum Gasteiger partial charge on any atom is -0.383 e. The summed E-state index contributed by atoms with van der Waals surface area (Å²) < 4.78 is 40.0. The van der Waals surface area contributed by atoms with E-state index in [4.69, 9.17) is 9.47 Å². The molecule has 2 aliphatic rings. The topological polar surface area (TPSA) is 67.4 Å². The minimum atomic E-state index is -0.543. The fourth-order valence-corrected chi connectivity index (χ4v) is 4.44. The second kappa shape index (κ2) is 10.8. The molecule has 1 aromatic carbocycles. The molecule has 0 radical (unpaired) electrons. The largest absolute Gasteiger partial charge is 0.383 e. The van der Waals surface area contributed by atoms with Crippen LogP contribution in [0.15, 0.2) is 30.5 Å². The number of ether oxygens (including phenoxy) is 2. The highest BCUT2D eigenvalue weighted by atomic mass is 19.1. The van der Waals surface area contributed by atoms with E-state index >= 15 is 0 Å². The number of aromatic nitrogens is 1. The average molecular weight is 461 g/mol.